The molecule has 2 aromatic heterocycles. The summed E-state index contributed by atoms with van der Waals surface area (Å²) < 4.78 is 8.70. The van der Waals surface area contributed by atoms with E-state index in [1.54, 1.807) is 26.9 Å². The lowest BCUT2D eigenvalue weighted by atomic mass is 10.3. The molecule has 0 bridgehead atoms. The first-order valence-corrected chi connectivity index (χ1v) is 8.66. The van der Waals surface area contributed by atoms with Crippen molar-refractivity contribution < 1.29 is 4.74 Å². The molecule has 0 N–H and O–H groups in total. The highest BCUT2D eigenvalue weighted by Crippen LogP contribution is 2.18. The molecule has 124 valence electrons. The maximum absolute atomic E-state index is 12.7. The third-order valence-corrected chi connectivity index (χ3v) is 4.39. The van der Waals surface area contributed by atoms with E-state index in [4.69, 9.17) is 4.74 Å². The number of allylic oxidation sites excluding steroid dienone is 1. The third-order valence-electron chi connectivity index (χ3n) is 3.42. The van der Waals surface area contributed by atoms with Gasteiger partial charge in [-0.2, -0.15) is 0 Å². The molecule has 2 heterocycles. The summed E-state index contributed by atoms with van der Waals surface area (Å²) in [5, 5.41) is 8.86. The Bertz CT molecular complexity index is 899. The van der Waals surface area contributed by atoms with Crippen molar-refractivity contribution in [1.82, 2.24) is 19.2 Å². The minimum Gasteiger partial charge on any atom is -0.494 e. The molecule has 1 aromatic carbocycles. The van der Waals surface area contributed by atoms with E-state index < -0.39 is 0 Å². The fraction of sp³-hybridized carbons (Fsp3) is 0.235. The summed E-state index contributed by atoms with van der Waals surface area (Å²) in [6, 6.07) is 7.38. The van der Waals surface area contributed by atoms with E-state index in [0.717, 1.165) is 23.6 Å². The minimum atomic E-state index is -0.204. The van der Waals surface area contributed by atoms with E-state index >= 15 is 0 Å². The van der Waals surface area contributed by atoms with Crippen LogP contribution in [0.15, 0.2) is 59.3 Å². The van der Waals surface area contributed by atoms with Gasteiger partial charge >= 0.3 is 5.56 Å². The minimum absolute atomic E-state index is 0.204. The van der Waals surface area contributed by atoms with Gasteiger partial charge in [-0.3, -0.25) is 13.8 Å². The smallest absolute Gasteiger partial charge is 0.300 e. The summed E-state index contributed by atoms with van der Waals surface area (Å²) >= 11 is 1.55. The molecule has 0 aliphatic carbocycles. The van der Waals surface area contributed by atoms with Gasteiger partial charge in [0.25, 0.3) is 0 Å². The molecule has 7 heteroatoms. The molecule has 0 aliphatic heterocycles. The number of fused-ring (bicyclic) bond motifs is 1. The third kappa shape index (κ3) is 3.21. The normalized spacial score (nSPS) is 10.9. The van der Waals surface area contributed by atoms with Crippen LogP contribution in [0.25, 0.3) is 11.3 Å². The first-order chi connectivity index (χ1) is 11.7. The molecule has 24 heavy (non-hydrogen) atoms. The van der Waals surface area contributed by atoms with Gasteiger partial charge in [0.05, 0.1) is 6.61 Å². The van der Waals surface area contributed by atoms with Crippen LogP contribution in [0.4, 0.5) is 0 Å². The highest BCUT2D eigenvalue weighted by Gasteiger charge is 2.11. The molecule has 3 rings (SSSR count). The molecule has 0 aliphatic rings. The van der Waals surface area contributed by atoms with Gasteiger partial charge in [0.1, 0.15) is 5.75 Å². The Balaban J connectivity index is 1.94. The van der Waals surface area contributed by atoms with E-state index in [1.165, 1.54) is 0 Å². The summed E-state index contributed by atoms with van der Waals surface area (Å²) in [5.74, 6) is 1.63. The van der Waals surface area contributed by atoms with Crippen LogP contribution < -0.4 is 10.3 Å². The number of aromatic nitrogens is 4. The topological polar surface area (TPSA) is 61.4 Å². The average molecular weight is 342 g/mol. The number of rotatable bonds is 7. The lowest BCUT2D eigenvalue weighted by molar-refractivity contribution is 0.340. The van der Waals surface area contributed by atoms with Crippen molar-refractivity contribution in [3.8, 4) is 11.4 Å². The Morgan fingerprint density at radius 3 is 2.75 bits per heavy atom. The van der Waals surface area contributed by atoms with Gasteiger partial charge in [0.15, 0.2) is 5.16 Å². The van der Waals surface area contributed by atoms with E-state index in [2.05, 4.69) is 16.8 Å². The maximum Gasteiger partial charge on any atom is 0.300 e. The monoisotopic (exact) mass is 342 g/mol. The Morgan fingerprint density at radius 1 is 1.25 bits per heavy atom. The van der Waals surface area contributed by atoms with Crippen LogP contribution in [0.2, 0.25) is 0 Å². The highest BCUT2D eigenvalue weighted by molar-refractivity contribution is 7.99. The Morgan fingerprint density at radius 2 is 2.04 bits per heavy atom. The van der Waals surface area contributed by atoms with Crippen LogP contribution in [-0.4, -0.2) is 31.5 Å². The first kappa shape index (κ1) is 16.3. The van der Waals surface area contributed by atoms with Gasteiger partial charge < -0.3 is 4.74 Å². The molecule has 0 amide bonds. The van der Waals surface area contributed by atoms with Crippen LogP contribution >= 0.6 is 11.8 Å². The number of ether oxygens (including phenoxy) is 1. The molecule has 0 saturated heterocycles. The van der Waals surface area contributed by atoms with Crippen molar-refractivity contribution in [2.75, 3.05) is 12.4 Å². The molecular formula is C17H18N4O2S. The number of hydrogen-bond donors (Lipinski definition) is 0. The van der Waals surface area contributed by atoms with Crippen molar-refractivity contribution in [3.05, 3.63) is 59.7 Å². The number of hydrogen-bond acceptors (Lipinski definition) is 5. The molecule has 0 spiro atoms. The van der Waals surface area contributed by atoms with Crippen molar-refractivity contribution in [3.63, 3.8) is 0 Å². The van der Waals surface area contributed by atoms with Crippen LogP contribution in [-0.2, 0) is 0 Å². The summed E-state index contributed by atoms with van der Waals surface area (Å²) in [5.41, 5.74) is 0.868. The number of nitrogens with zero attached hydrogens (tertiary/aromatic N) is 4. The van der Waals surface area contributed by atoms with E-state index in [1.807, 2.05) is 43.5 Å². The van der Waals surface area contributed by atoms with Crippen LogP contribution in [0, 0.1) is 0 Å². The van der Waals surface area contributed by atoms with Gasteiger partial charge in [0, 0.05) is 23.8 Å². The summed E-state index contributed by atoms with van der Waals surface area (Å²) in [6.07, 6.45) is 6.27. The predicted molar refractivity (Wildman–Crippen MR) is 95.3 cm³/mol. The lowest BCUT2D eigenvalue weighted by Gasteiger charge is -2.08. The maximum atomic E-state index is 12.7. The standard InChI is InChI=1S/C17H18N4O2S/c1-3-5-12-24-17-19-18-15-16(22)20(10-11-21(15)17)13-6-8-14(9-7-13)23-4-2/h3,6-11H,1,4-5,12H2,2H3. The van der Waals surface area contributed by atoms with Crippen LogP contribution in [0.5, 0.6) is 5.75 Å². The molecule has 0 atom stereocenters. The van der Waals surface area contributed by atoms with Crippen molar-refractivity contribution >= 4 is 17.4 Å². The quantitative estimate of drug-likeness (QED) is 0.375. The molecule has 0 saturated carbocycles. The summed E-state index contributed by atoms with van der Waals surface area (Å²) in [4.78, 5) is 12.7. The summed E-state index contributed by atoms with van der Waals surface area (Å²) in [7, 11) is 0. The van der Waals surface area contributed by atoms with E-state index in [9.17, 15) is 4.79 Å². The molecule has 3 aromatic rings. The van der Waals surface area contributed by atoms with Crippen LogP contribution in [0.1, 0.15) is 13.3 Å². The Hall–Kier alpha value is -2.54. The van der Waals surface area contributed by atoms with Gasteiger partial charge in [0.2, 0.25) is 5.65 Å². The Kier molecular flexibility index (Phi) is 5.00. The van der Waals surface area contributed by atoms with Crippen molar-refractivity contribution in [1.29, 1.82) is 0 Å². The fourth-order valence-corrected chi connectivity index (χ4v) is 3.12. The molecule has 0 fully saturated rings. The largest absolute Gasteiger partial charge is 0.494 e. The number of benzene rings is 1. The Labute approximate surface area is 143 Å². The summed E-state index contributed by atoms with van der Waals surface area (Å²) in [6.45, 7) is 6.24. The number of thioether (sulfide) groups is 1. The first-order valence-electron chi connectivity index (χ1n) is 7.68. The van der Waals surface area contributed by atoms with Gasteiger partial charge in [-0.05, 0) is 37.6 Å². The lowest BCUT2D eigenvalue weighted by Crippen LogP contribution is -2.20. The van der Waals surface area contributed by atoms with Crippen LogP contribution in [0.3, 0.4) is 0 Å². The molecule has 0 unspecified atom stereocenters. The zero-order valence-electron chi connectivity index (χ0n) is 13.4. The zero-order chi connectivity index (χ0) is 16.9. The molecular weight excluding hydrogens is 324 g/mol. The highest BCUT2D eigenvalue weighted by atomic mass is 32.2. The van der Waals surface area contributed by atoms with E-state index in [0.29, 0.717) is 17.4 Å². The second-order valence-corrected chi connectivity index (χ2v) is 6.06. The average Bonchev–Trinajstić information content (AvgIpc) is 3.01. The fourth-order valence-electron chi connectivity index (χ4n) is 2.27. The predicted octanol–water partition coefficient (Wildman–Crippen LogP) is 2.95. The molecule has 6 nitrogen and oxygen atoms in total. The SMILES string of the molecule is C=CCCSc1nnc2c(=O)n(-c3ccc(OCC)cc3)ccn12. The second kappa shape index (κ2) is 7.35. The van der Waals surface area contributed by atoms with Gasteiger partial charge in [-0.25, -0.2) is 0 Å². The van der Waals surface area contributed by atoms with Crippen molar-refractivity contribution in [2.45, 2.75) is 18.5 Å². The van der Waals surface area contributed by atoms with Gasteiger partial charge in [-0.1, -0.05) is 17.8 Å². The van der Waals surface area contributed by atoms with Gasteiger partial charge in [-0.15, -0.1) is 16.8 Å². The second-order valence-electron chi connectivity index (χ2n) is 5.00. The van der Waals surface area contributed by atoms with Crippen molar-refractivity contribution in [2.24, 2.45) is 0 Å². The molecule has 0 radical (unpaired) electrons. The van der Waals surface area contributed by atoms with E-state index in [-0.39, 0.29) is 5.56 Å². The zero-order valence-corrected chi connectivity index (χ0v) is 14.2.